The van der Waals surface area contributed by atoms with Crippen molar-refractivity contribution in [3.63, 3.8) is 0 Å². The number of para-hydroxylation sites is 1. The number of anilines is 1. The van der Waals surface area contributed by atoms with Crippen LogP contribution in [0.1, 0.15) is 27.0 Å². The lowest BCUT2D eigenvalue weighted by Crippen LogP contribution is -2.08. The standard InChI is InChI=1S/C16H16FNO/c1-10-6-7-12(8-11(10)2)9-15(19)13-4-3-5-14(17)16(13)18/h3-8H,9,18H2,1-2H3. The van der Waals surface area contributed by atoms with Gasteiger partial charge in [-0.1, -0.05) is 24.3 Å². The Balaban J connectivity index is 2.26. The van der Waals surface area contributed by atoms with E-state index in [1.54, 1.807) is 6.07 Å². The summed E-state index contributed by atoms with van der Waals surface area (Å²) in [7, 11) is 0. The summed E-state index contributed by atoms with van der Waals surface area (Å²) in [6.07, 6.45) is 0.231. The molecule has 0 saturated heterocycles. The molecule has 0 bridgehead atoms. The molecule has 2 nitrogen and oxygen atoms in total. The molecule has 0 fully saturated rings. The third-order valence-electron chi connectivity index (χ3n) is 3.29. The van der Waals surface area contributed by atoms with Crippen molar-refractivity contribution < 1.29 is 9.18 Å². The molecule has 2 aromatic carbocycles. The van der Waals surface area contributed by atoms with Gasteiger partial charge in [0, 0.05) is 12.0 Å². The highest BCUT2D eigenvalue weighted by atomic mass is 19.1. The van der Waals surface area contributed by atoms with E-state index < -0.39 is 5.82 Å². The van der Waals surface area contributed by atoms with Crippen LogP contribution < -0.4 is 5.73 Å². The van der Waals surface area contributed by atoms with Crippen LogP contribution in [0.2, 0.25) is 0 Å². The largest absolute Gasteiger partial charge is 0.396 e. The van der Waals surface area contributed by atoms with E-state index in [9.17, 15) is 9.18 Å². The number of ketones is 1. The Morgan fingerprint density at radius 2 is 1.89 bits per heavy atom. The average molecular weight is 257 g/mol. The van der Waals surface area contributed by atoms with Gasteiger partial charge < -0.3 is 5.73 Å². The first-order valence-corrected chi connectivity index (χ1v) is 6.12. The Morgan fingerprint density at radius 3 is 2.58 bits per heavy atom. The number of carbonyl (C=O) groups excluding carboxylic acids is 1. The van der Waals surface area contributed by atoms with Gasteiger partial charge in [-0.05, 0) is 42.7 Å². The Labute approximate surface area is 112 Å². The second-order valence-corrected chi connectivity index (χ2v) is 4.72. The molecule has 0 aliphatic rings. The van der Waals surface area contributed by atoms with E-state index in [1.165, 1.54) is 17.7 Å². The number of benzene rings is 2. The molecule has 0 spiro atoms. The first kappa shape index (κ1) is 13.3. The minimum Gasteiger partial charge on any atom is -0.396 e. The van der Waals surface area contributed by atoms with E-state index in [0.717, 1.165) is 11.1 Å². The molecule has 0 aliphatic heterocycles. The highest BCUT2D eigenvalue weighted by Gasteiger charge is 2.13. The van der Waals surface area contributed by atoms with Crippen LogP contribution in [0, 0.1) is 19.7 Å². The first-order chi connectivity index (χ1) is 8.99. The van der Waals surface area contributed by atoms with Crippen LogP contribution in [0.25, 0.3) is 0 Å². The summed E-state index contributed by atoms with van der Waals surface area (Å²) in [6, 6.07) is 10.2. The zero-order chi connectivity index (χ0) is 14.0. The van der Waals surface area contributed by atoms with Crippen LogP contribution in [0.3, 0.4) is 0 Å². The summed E-state index contributed by atoms with van der Waals surface area (Å²) < 4.78 is 13.3. The fraction of sp³-hybridized carbons (Fsp3) is 0.188. The van der Waals surface area contributed by atoms with E-state index in [0.29, 0.717) is 0 Å². The van der Waals surface area contributed by atoms with Crippen molar-refractivity contribution in [3.8, 4) is 0 Å². The number of hydrogen-bond acceptors (Lipinski definition) is 2. The van der Waals surface area contributed by atoms with Crippen LogP contribution in [-0.2, 0) is 6.42 Å². The summed E-state index contributed by atoms with van der Waals surface area (Å²) in [4.78, 5) is 12.1. The van der Waals surface area contributed by atoms with Crippen molar-refractivity contribution in [2.75, 3.05) is 5.73 Å². The number of Topliss-reactive ketones (excluding diaryl/α,β-unsaturated/α-hetero) is 1. The van der Waals surface area contributed by atoms with Crippen molar-refractivity contribution in [1.82, 2.24) is 0 Å². The molecule has 98 valence electrons. The van der Waals surface area contributed by atoms with Crippen molar-refractivity contribution in [3.05, 3.63) is 64.5 Å². The molecule has 0 aliphatic carbocycles. The smallest absolute Gasteiger partial charge is 0.169 e. The number of halogens is 1. The van der Waals surface area contributed by atoms with Crippen LogP contribution in [0.15, 0.2) is 36.4 Å². The van der Waals surface area contributed by atoms with E-state index in [1.807, 2.05) is 32.0 Å². The SMILES string of the molecule is Cc1ccc(CC(=O)c2cccc(F)c2N)cc1C. The lowest BCUT2D eigenvalue weighted by atomic mass is 9.98. The Morgan fingerprint density at radius 1 is 1.16 bits per heavy atom. The van der Waals surface area contributed by atoms with Gasteiger partial charge in [-0.15, -0.1) is 0 Å². The number of carbonyl (C=O) groups is 1. The number of hydrogen-bond donors (Lipinski definition) is 1. The number of nitrogens with two attached hydrogens (primary N) is 1. The van der Waals surface area contributed by atoms with Gasteiger partial charge in [-0.25, -0.2) is 4.39 Å². The highest BCUT2D eigenvalue weighted by Crippen LogP contribution is 2.19. The molecule has 0 heterocycles. The summed E-state index contributed by atoms with van der Waals surface area (Å²) in [6.45, 7) is 4.02. The summed E-state index contributed by atoms with van der Waals surface area (Å²) in [5.41, 5.74) is 9.00. The Hall–Kier alpha value is -2.16. The van der Waals surface area contributed by atoms with Crippen molar-refractivity contribution in [2.24, 2.45) is 0 Å². The average Bonchev–Trinajstić information content (AvgIpc) is 2.37. The van der Waals surface area contributed by atoms with Gasteiger partial charge >= 0.3 is 0 Å². The van der Waals surface area contributed by atoms with Gasteiger partial charge in [0.05, 0.1) is 5.69 Å². The molecular formula is C16H16FNO. The highest BCUT2D eigenvalue weighted by molar-refractivity contribution is 6.02. The maximum absolute atomic E-state index is 13.3. The Bertz CT molecular complexity index is 635. The molecule has 0 unspecified atom stereocenters. The normalized spacial score (nSPS) is 10.5. The minimum absolute atomic E-state index is 0.0728. The molecule has 3 heteroatoms. The molecule has 0 radical (unpaired) electrons. The van der Waals surface area contributed by atoms with Crippen LogP contribution >= 0.6 is 0 Å². The molecule has 0 saturated carbocycles. The Kier molecular flexibility index (Phi) is 3.65. The molecule has 0 amide bonds. The first-order valence-electron chi connectivity index (χ1n) is 6.12. The summed E-state index contributed by atoms with van der Waals surface area (Å²) >= 11 is 0. The quantitative estimate of drug-likeness (QED) is 0.676. The number of rotatable bonds is 3. The fourth-order valence-corrected chi connectivity index (χ4v) is 1.97. The predicted molar refractivity (Wildman–Crippen MR) is 74.8 cm³/mol. The van der Waals surface area contributed by atoms with Crippen LogP contribution in [0.4, 0.5) is 10.1 Å². The van der Waals surface area contributed by atoms with E-state index in [4.69, 9.17) is 5.73 Å². The molecular weight excluding hydrogens is 241 g/mol. The number of aryl methyl sites for hydroxylation is 2. The second-order valence-electron chi connectivity index (χ2n) is 4.72. The zero-order valence-corrected chi connectivity index (χ0v) is 11.0. The molecule has 2 N–H and O–H groups in total. The predicted octanol–water partition coefficient (Wildman–Crippen LogP) is 3.45. The monoisotopic (exact) mass is 257 g/mol. The molecule has 0 atom stereocenters. The molecule has 2 aromatic rings. The van der Waals surface area contributed by atoms with Gasteiger partial charge in [-0.2, -0.15) is 0 Å². The van der Waals surface area contributed by atoms with E-state index in [-0.39, 0.29) is 23.5 Å². The zero-order valence-electron chi connectivity index (χ0n) is 11.0. The molecule has 0 aromatic heterocycles. The lowest BCUT2D eigenvalue weighted by Gasteiger charge is -2.07. The van der Waals surface area contributed by atoms with Gasteiger partial charge in [0.2, 0.25) is 0 Å². The maximum atomic E-state index is 13.3. The maximum Gasteiger partial charge on any atom is 0.169 e. The minimum atomic E-state index is -0.550. The summed E-state index contributed by atoms with van der Waals surface area (Å²) in [5.74, 6) is -0.716. The second kappa shape index (κ2) is 5.22. The van der Waals surface area contributed by atoms with Gasteiger partial charge in [0.1, 0.15) is 5.82 Å². The van der Waals surface area contributed by atoms with Gasteiger partial charge in [0.25, 0.3) is 0 Å². The van der Waals surface area contributed by atoms with Gasteiger partial charge in [-0.3, -0.25) is 4.79 Å². The third-order valence-corrected chi connectivity index (χ3v) is 3.29. The van der Waals surface area contributed by atoms with Crippen molar-refractivity contribution >= 4 is 11.5 Å². The van der Waals surface area contributed by atoms with E-state index in [2.05, 4.69) is 0 Å². The molecule has 19 heavy (non-hydrogen) atoms. The van der Waals surface area contributed by atoms with Gasteiger partial charge in [0.15, 0.2) is 5.78 Å². The third kappa shape index (κ3) is 2.81. The van der Waals surface area contributed by atoms with E-state index >= 15 is 0 Å². The van der Waals surface area contributed by atoms with Crippen molar-refractivity contribution in [2.45, 2.75) is 20.3 Å². The number of nitrogen functional groups attached to an aromatic ring is 1. The fourth-order valence-electron chi connectivity index (χ4n) is 1.97. The van der Waals surface area contributed by atoms with Crippen LogP contribution in [0.5, 0.6) is 0 Å². The lowest BCUT2D eigenvalue weighted by molar-refractivity contribution is 0.0993. The topological polar surface area (TPSA) is 43.1 Å². The van der Waals surface area contributed by atoms with Crippen LogP contribution in [-0.4, -0.2) is 5.78 Å². The summed E-state index contributed by atoms with van der Waals surface area (Å²) in [5, 5.41) is 0. The molecule has 2 rings (SSSR count). The van der Waals surface area contributed by atoms with Crippen molar-refractivity contribution in [1.29, 1.82) is 0 Å².